The lowest BCUT2D eigenvalue weighted by molar-refractivity contribution is -0.138. The van der Waals surface area contributed by atoms with Crippen LogP contribution in [0.4, 0.5) is 4.79 Å². The van der Waals surface area contributed by atoms with Crippen LogP contribution in [0, 0.1) is 6.92 Å². The zero-order valence-electron chi connectivity index (χ0n) is 15.9. The molecule has 1 fully saturated rings. The molecule has 10 heteroatoms. The third kappa shape index (κ3) is 5.95. The second kappa shape index (κ2) is 7.95. The Bertz CT molecular complexity index is 822. The molecule has 0 aliphatic carbocycles. The van der Waals surface area contributed by atoms with Crippen LogP contribution in [0.2, 0.25) is 0 Å². The van der Waals surface area contributed by atoms with Gasteiger partial charge in [0.1, 0.15) is 5.60 Å². The molecule has 0 unspecified atom stereocenters. The zero-order valence-corrected chi connectivity index (χ0v) is 15.9. The Balaban J connectivity index is 2.12. The summed E-state index contributed by atoms with van der Waals surface area (Å²) in [6.45, 7) is 7.17. The summed E-state index contributed by atoms with van der Waals surface area (Å²) in [4.78, 5) is 50.6. The zero-order chi connectivity index (χ0) is 20.4. The maximum atomic E-state index is 12.0. The van der Waals surface area contributed by atoms with Gasteiger partial charge in [-0.2, -0.15) is 0 Å². The summed E-state index contributed by atoms with van der Waals surface area (Å²) in [5.74, 6) is -0.997. The topological polar surface area (TPSA) is 134 Å². The second-order valence-corrected chi connectivity index (χ2v) is 7.78. The Labute approximate surface area is 156 Å². The number of carbonyl (C=O) groups is 2. The van der Waals surface area contributed by atoms with Gasteiger partial charge in [0.25, 0.3) is 5.56 Å². The molecule has 0 bridgehead atoms. The lowest BCUT2D eigenvalue weighted by Crippen LogP contribution is -2.42. The van der Waals surface area contributed by atoms with Gasteiger partial charge >= 0.3 is 17.8 Å². The van der Waals surface area contributed by atoms with Crippen LogP contribution in [-0.2, 0) is 16.1 Å². The Kier molecular flexibility index (Phi) is 6.09. The van der Waals surface area contributed by atoms with E-state index in [1.165, 1.54) is 10.8 Å². The van der Waals surface area contributed by atoms with Crippen LogP contribution in [-0.4, -0.2) is 62.4 Å². The highest BCUT2D eigenvalue weighted by Gasteiger charge is 2.35. The van der Waals surface area contributed by atoms with Crippen molar-refractivity contribution in [2.75, 3.05) is 13.1 Å². The number of aryl methyl sites for hydroxylation is 1. The average Bonchev–Trinajstić information content (AvgIpc) is 2.83. The first-order valence-corrected chi connectivity index (χ1v) is 8.70. The number of hydrogen-bond acceptors (Lipinski definition) is 6. The van der Waals surface area contributed by atoms with Crippen molar-refractivity contribution >= 4 is 12.1 Å². The van der Waals surface area contributed by atoms with Crippen LogP contribution in [0.3, 0.4) is 0 Å². The first-order valence-electron chi connectivity index (χ1n) is 8.70. The van der Waals surface area contributed by atoms with Crippen LogP contribution in [0.1, 0.15) is 32.8 Å². The molecule has 1 amide bonds. The molecule has 150 valence electrons. The second-order valence-electron chi connectivity index (χ2n) is 7.78. The average molecular weight is 382 g/mol. The highest BCUT2D eigenvalue weighted by Crippen LogP contribution is 2.19. The number of carbonyl (C=O) groups excluding carboxylic acids is 1. The van der Waals surface area contributed by atoms with E-state index in [-0.39, 0.29) is 25.2 Å². The molecule has 0 aromatic carbocycles. The number of nitrogens with zero attached hydrogens (tertiary/aromatic N) is 2. The van der Waals surface area contributed by atoms with Gasteiger partial charge in [-0.05, 0) is 34.1 Å². The van der Waals surface area contributed by atoms with Crippen LogP contribution >= 0.6 is 0 Å². The monoisotopic (exact) mass is 382 g/mol. The van der Waals surface area contributed by atoms with Gasteiger partial charge in [0.05, 0.1) is 6.54 Å². The molecule has 27 heavy (non-hydrogen) atoms. The van der Waals surface area contributed by atoms with E-state index in [0.717, 1.165) is 0 Å². The van der Waals surface area contributed by atoms with Gasteiger partial charge < -0.3 is 15.2 Å². The van der Waals surface area contributed by atoms with Gasteiger partial charge in [-0.3, -0.25) is 24.0 Å². The molecule has 0 spiro atoms. The number of rotatable bonds is 5. The number of carboxylic acid groups (broad SMARTS) is 1. The molecule has 0 radical (unpaired) electrons. The molecule has 1 aliphatic rings. The minimum Gasteiger partial charge on any atom is -0.480 e. The first kappa shape index (κ1) is 20.7. The van der Waals surface area contributed by atoms with Crippen molar-refractivity contribution in [3.8, 4) is 0 Å². The first-order chi connectivity index (χ1) is 12.4. The lowest BCUT2D eigenvalue weighted by Gasteiger charge is -2.22. The number of amides is 1. The lowest BCUT2D eigenvalue weighted by atomic mass is 10.1. The van der Waals surface area contributed by atoms with E-state index in [9.17, 15) is 19.2 Å². The molecule has 2 atom stereocenters. The number of ether oxygens (including phenoxy) is 1. The number of aromatic nitrogens is 2. The highest BCUT2D eigenvalue weighted by atomic mass is 16.6. The minimum atomic E-state index is -0.997. The Hall–Kier alpha value is -2.62. The van der Waals surface area contributed by atoms with Crippen LogP contribution in [0.15, 0.2) is 15.8 Å². The van der Waals surface area contributed by atoms with E-state index in [4.69, 9.17) is 9.84 Å². The van der Waals surface area contributed by atoms with Crippen molar-refractivity contribution < 1.29 is 19.4 Å². The van der Waals surface area contributed by atoms with Gasteiger partial charge in [0.2, 0.25) is 0 Å². The molecular formula is C17H26N4O6. The van der Waals surface area contributed by atoms with Crippen LogP contribution < -0.4 is 16.6 Å². The molecule has 10 nitrogen and oxygen atoms in total. The van der Waals surface area contributed by atoms with Crippen molar-refractivity contribution in [3.05, 3.63) is 32.6 Å². The van der Waals surface area contributed by atoms with E-state index in [2.05, 4.69) is 10.3 Å². The van der Waals surface area contributed by atoms with E-state index < -0.39 is 28.9 Å². The van der Waals surface area contributed by atoms with Crippen molar-refractivity contribution in [1.29, 1.82) is 0 Å². The number of aromatic amines is 1. The number of aliphatic carboxylic acids is 1. The fraction of sp³-hybridized carbons (Fsp3) is 0.647. The molecule has 1 aromatic rings. The number of likely N-dealkylation sites (tertiary alicyclic amines) is 1. The fourth-order valence-electron chi connectivity index (χ4n) is 3.10. The van der Waals surface area contributed by atoms with Crippen LogP contribution in [0.5, 0.6) is 0 Å². The van der Waals surface area contributed by atoms with Crippen molar-refractivity contribution in [3.63, 3.8) is 0 Å². The van der Waals surface area contributed by atoms with Gasteiger partial charge in [-0.25, -0.2) is 9.59 Å². The predicted molar refractivity (Wildman–Crippen MR) is 96.8 cm³/mol. The fourth-order valence-corrected chi connectivity index (χ4v) is 3.10. The normalized spacial score (nSPS) is 20.4. The van der Waals surface area contributed by atoms with E-state index >= 15 is 0 Å². The standard InChI is InChI=1S/C17H26N4O6/c1-10-6-21(15(25)19-14(10)24)8-12-5-11(7-20(12)9-13(22)23)18-16(26)27-17(2,3)4/h6,11-12H,5,7-9H2,1-4H3,(H,18,26)(H,22,23)(H,19,24,25)/t11-,12-/m1/s1. The summed E-state index contributed by atoms with van der Waals surface area (Å²) in [5.41, 5.74) is -1.25. The molecule has 1 saturated heterocycles. The largest absolute Gasteiger partial charge is 0.480 e. The third-order valence-corrected chi connectivity index (χ3v) is 4.18. The number of hydrogen-bond donors (Lipinski definition) is 3. The Morgan fingerprint density at radius 1 is 1.37 bits per heavy atom. The predicted octanol–water partition coefficient (Wildman–Crippen LogP) is -0.103. The summed E-state index contributed by atoms with van der Waals surface area (Å²) in [6.07, 6.45) is 1.34. The molecule has 1 aliphatic heterocycles. The molecular weight excluding hydrogens is 356 g/mol. The minimum absolute atomic E-state index is 0.205. The van der Waals surface area contributed by atoms with E-state index in [1.54, 1.807) is 32.6 Å². The third-order valence-electron chi connectivity index (χ3n) is 4.18. The van der Waals surface area contributed by atoms with Crippen molar-refractivity contribution in [2.24, 2.45) is 0 Å². The summed E-state index contributed by atoms with van der Waals surface area (Å²) in [5, 5.41) is 11.9. The smallest absolute Gasteiger partial charge is 0.407 e. The Morgan fingerprint density at radius 3 is 2.63 bits per heavy atom. The number of nitrogens with one attached hydrogen (secondary N) is 2. The molecule has 3 N–H and O–H groups in total. The maximum absolute atomic E-state index is 12.0. The van der Waals surface area contributed by atoms with Gasteiger partial charge in [-0.15, -0.1) is 0 Å². The molecule has 2 rings (SSSR count). The van der Waals surface area contributed by atoms with Gasteiger partial charge in [0.15, 0.2) is 0 Å². The summed E-state index contributed by atoms with van der Waals surface area (Å²) >= 11 is 0. The number of H-pyrrole nitrogens is 1. The molecule has 0 saturated carbocycles. The summed E-state index contributed by atoms with van der Waals surface area (Å²) in [7, 11) is 0. The van der Waals surface area contributed by atoms with Crippen LogP contribution in [0.25, 0.3) is 0 Å². The SMILES string of the molecule is Cc1cn(C[C@H]2C[C@@H](NC(=O)OC(C)(C)C)CN2CC(=O)O)c(=O)[nH]c1=O. The van der Waals surface area contributed by atoms with E-state index in [0.29, 0.717) is 18.5 Å². The van der Waals surface area contributed by atoms with Gasteiger partial charge in [0, 0.05) is 36.9 Å². The number of alkyl carbamates (subject to hydrolysis) is 1. The molecule has 2 heterocycles. The van der Waals surface area contributed by atoms with Crippen molar-refractivity contribution in [1.82, 2.24) is 19.8 Å². The highest BCUT2D eigenvalue weighted by molar-refractivity contribution is 5.69. The quantitative estimate of drug-likeness (QED) is 0.647. The Morgan fingerprint density at radius 2 is 2.04 bits per heavy atom. The summed E-state index contributed by atoms with van der Waals surface area (Å²) in [6, 6.07) is -0.590. The maximum Gasteiger partial charge on any atom is 0.407 e. The van der Waals surface area contributed by atoms with Crippen molar-refractivity contribution in [2.45, 2.75) is 58.3 Å². The van der Waals surface area contributed by atoms with Gasteiger partial charge in [-0.1, -0.05) is 0 Å². The van der Waals surface area contributed by atoms with E-state index in [1.807, 2.05) is 0 Å². The number of carboxylic acids is 1. The summed E-state index contributed by atoms with van der Waals surface area (Å²) < 4.78 is 6.59. The molecule has 1 aromatic heterocycles.